The van der Waals surface area contributed by atoms with Crippen LogP contribution >= 0.6 is 0 Å². The summed E-state index contributed by atoms with van der Waals surface area (Å²) in [6.45, 7) is 4.81. The predicted octanol–water partition coefficient (Wildman–Crippen LogP) is 3.28. The normalized spacial score (nSPS) is 13.7. The highest BCUT2D eigenvalue weighted by atomic mass is 16.5. The molecule has 0 unspecified atom stereocenters. The molecule has 0 atom stereocenters. The van der Waals surface area contributed by atoms with E-state index in [1.165, 1.54) is 5.56 Å². The van der Waals surface area contributed by atoms with Gasteiger partial charge in [-0.1, -0.05) is 54.6 Å². The van der Waals surface area contributed by atoms with E-state index in [0.717, 1.165) is 17.5 Å². The van der Waals surface area contributed by atoms with Gasteiger partial charge < -0.3 is 15.0 Å². The number of rotatable bonds is 4. The second-order valence-corrected chi connectivity index (χ2v) is 7.06. The van der Waals surface area contributed by atoms with Crippen molar-refractivity contribution in [2.45, 2.75) is 39.0 Å². The first-order valence-electron chi connectivity index (χ1n) is 8.81. The largest absolute Gasteiger partial charge is 0.445 e. The van der Waals surface area contributed by atoms with E-state index in [2.05, 4.69) is 11.4 Å². The molecule has 3 rings (SSSR count). The number of ether oxygens (including phenoxy) is 1. The number of benzene rings is 2. The Labute approximate surface area is 154 Å². The third kappa shape index (κ3) is 4.23. The Balaban J connectivity index is 1.57. The van der Waals surface area contributed by atoms with E-state index in [9.17, 15) is 9.59 Å². The Morgan fingerprint density at radius 2 is 1.69 bits per heavy atom. The van der Waals surface area contributed by atoms with Crippen molar-refractivity contribution in [3.05, 3.63) is 71.3 Å². The van der Waals surface area contributed by atoms with Crippen molar-refractivity contribution < 1.29 is 14.3 Å². The molecule has 0 aliphatic carbocycles. The first kappa shape index (κ1) is 18.0. The topological polar surface area (TPSA) is 58.6 Å². The van der Waals surface area contributed by atoms with Gasteiger partial charge in [-0.25, -0.2) is 4.79 Å². The van der Waals surface area contributed by atoms with Crippen molar-refractivity contribution in [1.29, 1.82) is 0 Å². The molecule has 0 aromatic heterocycles. The number of hydrogen-bond acceptors (Lipinski definition) is 3. The lowest BCUT2D eigenvalue weighted by molar-refractivity contribution is -0.137. The smallest absolute Gasteiger partial charge is 0.408 e. The fraction of sp³-hybridized carbons (Fsp3) is 0.333. The van der Waals surface area contributed by atoms with Crippen LogP contribution in [-0.4, -0.2) is 29.0 Å². The zero-order valence-electron chi connectivity index (χ0n) is 15.2. The van der Waals surface area contributed by atoms with Crippen LogP contribution in [0.5, 0.6) is 0 Å². The fourth-order valence-corrected chi connectivity index (χ4v) is 3.13. The van der Waals surface area contributed by atoms with E-state index >= 15 is 0 Å². The zero-order valence-corrected chi connectivity index (χ0v) is 15.2. The van der Waals surface area contributed by atoms with Crippen LogP contribution in [0.25, 0.3) is 0 Å². The van der Waals surface area contributed by atoms with Gasteiger partial charge in [-0.05, 0) is 37.0 Å². The molecule has 2 amide bonds. The molecule has 0 spiro atoms. The molecule has 2 aromatic carbocycles. The SMILES string of the molecule is CC(C)(NC(=O)OCc1ccccc1)C(=O)N1CCc2ccccc2C1. The molecule has 1 aliphatic rings. The summed E-state index contributed by atoms with van der Waals surface area (Å²) in [4.78, 5) is 26.8. The van der Waals surface area contributed by atoms with Gasteiger partial charge in [-0.3, -0.25) is 4.79 Å². The molecule has 0 saturated heterocycles. The molecule has 1 N–H and O–H groups in total. The molecule has 1 heterocycles. The standard InChI is InChI=1S/C21H24N2O3/c1-21(2,22-20(25)26-15-16-8-4-3-5-9-16)19(24)23-13-12-17-10-6-7-11-18(17)14-23/h3-11H,12-15H2,1-2H3,(H,22,25). The highest BCUT2D eigenvalue weighted by molar-refractivity contribution is 5.89. The number of carbonyl (C=O) groups excluding carboxylic acids is 2. The lowest BCUT2D eigenvalue weighted by atomic mass is 9.97. The third-order valence-corrected chi connectivity index (χ3v) is 4.58. The molecule has 0 saturated carbocycles. The van der Waals surface area contributed by atoms with E-state index in [1.54, 1.807) is 18.7 Å². The van der Waals surface area contributed by atoms with Crippen LogP contribution in [0.4, 0.5) is 4.79 Å². The maximum absolute atomic E-state index is 12.9. The van der Waals surface area contributed by atoms with Gasteiger partial charge in [0.05, 0.1) is 0 Å². The average molecular weight is 352 g/mol. The summed E-state index contributed by atoms with van der Waals surface area (Å²) in [7, 11) is 0. The van der Waals surface area contributed by atoms with Crippen LogP contribution < -0.4 is 5.32 Å². The van der Waals surface area contributed by atoms with Crippen LogP contribution in [0, 0.1) is 0 Å². The average Bonchev–Trinajstić information content (AvgIpc) is 2.66. The quantitative estimate of drug-likeness (QED) is 0.919. The van der Waals surface area contributed by atoms with Crippen molar-refractivity contribution >= 4 is 12.0 Å². The van der Waals surface area contributed by atoms with Gasteiger partial charge in [0, 0.05) is 13.1 Å². The van der Waals surface area contributed by atoms with Crippen molar-refractivity contribution in [1.82, 2.24) is 10.2 Å². The molecule has 0 bridgehead atoms. The van der Waals surface area contributed by atoms with E-state index in [1.807, 2.05) is 48.5 Å². The van der Waals surface area contributed by atoms with Crippen LogP contribution in [0.2, 0.25) is 0 Å². The number of nitrogens with one attached hydrogen (secondary N) is 1. The summed E-state index contributed by atoms with van der Waals surface area (Å²) in [6.07, 6.45) is 0.237. The maximum atomic E-state index is 12.9. The molecule has 0 fully saturated rings. The Kier molecular flexibility index (Phi) is 5.26. The van der Waals surface area contributed by atoms with Gasteiger partial charge in [0.25, 0.3) is 0 Å². The number of alkyl carbamates (subject to hydrolysis) is 1. The highest BCUT2D eigenvalue weighted by Gasteiger charge is 2.35. The monoisotopic (exact) mass is 352 g/mol. The third-order valence-electron chi connectivity index (χ3n) is 4.58. The molecule has 5 heteroatoms. The fourth-order valence-electron chi connectivity index (χ4n) is 3.13. The number of amides is 2. The summed E-state index contributed by atoms with van der Waals surface area (Å²) < 4.78 is 5.24. The van der Waals surface area contributed by atoms with Gasteiger partial charge in [0.15, 0.2) is 0 Å². The summed E-state index contributed by atoms with van der Waals surface area (Å²) in [6, 6.07) is 17.6. The van der Waals surface area contributed by atoms with E-state index in [0.29, 0.717) is 13.1 Å². The Bertz CT molecular complexity index is 787. The van der Waals surface area contributed by atoms with Gasteiger partial charge >= 0.3 is 6.09 Å². The van der Waals surface area contributed by atoms with E-state index in [-0.39, 0.29) is 12.5 Å². The zero-order chi connectivity index (χ0) is 18.6. The number of nitrogens with zero attached hydrogens (tertiary/aromatic N) is 1. The second kappa shape index (κ2) is 7.60. The Morgan fingerprint density at radius 1 is 1.04 bits per heavy atom. The lowest BCUT2D eigenvalue weighted by Gasteiger charge is -2.35. The van der Waals surface area contributed by atoms with Crippen molar-refractivity contribution in [2.75, 3.05) is 6.54 Å². The van der Waals surface area contributed by atoms with Crippen molar-refractivity contribution in [2.24, 2.45) is 0 Å². The summed E-state index contributed by atoms with van der Waals surface area (Å²) in [5.41, 5.74) is 2.32. The van der Waals surface area contributed by atoms with Crippen molar-refractivity contribution in [3.63, 3.8) is 0 Å². The molecule has 26 heavy (non-hydrogen) atoms. The van der Waals surface area contributed by atoms with Gasteiger partial charge in [-0.2, -0.15) is 0 Å². The summed E-state index contributed by atoms with van der Waals surface area (Å²) in [5.74, 6) is -0.108. The van der Waals surface area contributed by atoms with E-state index < -0.39 is 11.6 Å². The summed E-state index contributed by atoms with van der Waals surface area (Å²) in [5, 5.41) is 2.70. The minimum atomic E-state index is -1.03. The first-order chi connectivity index (χ1) is 12.5. The van der Waals surface area contributed by atoms with Crippen molar-refractivity contribution in [3.8, 4) is 0 Å². The summed E-state index contributed by atoms with van der Waals surface area (Å²) >= 11 is 0. The van der Waals surface area contributed by atoms with Crippen LogP contribution in [0.3, 0.4) is 0 Å². The molecule has 1 aliphatic heterocycles. The van der Waals surface area contributed by atoms with Crippen LogP contribution in [0.1, 0.15) is 30.5 Å². The van der Waals surface area contributed by atoms with Crippen LogP contribution in [-0.2, 0) is 29.1 Å². The number of fused-ring (bicyclic) bond motifs is 1. The van der Waals surface area contributed by atoms with Gasteiger partial charge in [0.2, 0.25) is 5.91 Å². The molecular formula is C21H24N2O3. The highest BCUT2D eigenvalue weighted by Crippen LogP contribution is 2.21. The molecule has 5 nitrogen and oxygen atoms in total. The van der Waals surface area contributed by atoms with Gasteiger partial charge in [-0.15, -0.1) is 0 Å². The maximum Gasteiger partial charge on any atom is 0.408 e. The first-order valence-corrected chi connectivity index (χ1v) is 8.81. The van der Waals surface area contributed by atoms with Crippen LogP contribution in [0.15, 0.2) is 54.6 Å². The number of hydrogen-bond donors (Lipinski definition) is 1. The minimum absolute atomic E-state index is 0.108. The number of carbonyl (C=O) groups is 2. The van der Waals surface area contributed by atoms with Gasteiger partial charge in [0.1, 0.15) is 12.1 Å². The second-order valence-electron chi connectivity index (χ2n) is 7.06. The molecule has 136 valence electrons. The predicted molar refractivity (Wildman–Crippen MR) is 99.4 cm³/mol. The molecule has 2 aromatic rings. The minimum Gasteiger partial charge on any atom is -0.445 e. The van der Waals surface area contributed by atoms with E-state index in [4.69, 9.17) is 4.74 Å². The Morgan fingerprint density at radius 3 is 2.42 bits per heavy atom. The lowest BCUT2D eigenvalue weighted by Crippen LogP contribution is -2.56. The Hall–Kier alpha value is -2.82. The molecular weight excluding hydrogens is 328 g/mol. The molecule has 0 radical (unpaired) electrons.